The topological polar surface area (TPSA) is 50.2 Å². The van der Waals surface area contributed by atoms with Crippen LogP contribution in [-0.4, -0.2) is 15.9 Å². The zero-order valence-electron chi connectivity index (χ0n) is 8.61. The number of fused-ring (bicyclic) bond motifs is 1. The Kier molecular flexibility index (Phi) is 2.15. The molecule has 1 N–H and O–H groups in total. The van der Waals surface area contributed by atoms with Crippen molar-refractivity contribution < 1.29 is 9.90 Å². The van der Waals surface area contributed by atoms with Gasteiger partial charge in [-0.15, -0.1) is 0 Å². The van der Waals surface area contributed by atoms with E-state index in [-0.39, 0.29) is 11.5 Å². The zero-order valence-corrected chi connectivity index (χ0v) is 8.61. The molecule has 0 aliphatic rings. The van der Waals surface area contributed by atoms with Gasteiger partial charge >= 0.3 is 0 Å². The van der Waals surface area contributed by atoms with Crippen molar-refractivity contribution in [2.24, 2.45) is 0 Å². The van der Waals surface area contributed by atoms with E-state index >= 15 is 0 Å². The summed E-state index contributed by atoms with van der Waals surface area (Å²) < 4.78 is 0. The summed E-state index contributed by atoms with van der Waals surface area (Å²) in [6.07, 6.45) is 1.64. The molecule has 0 amide bonds. The number of aryl methyl sites for hydroxylation is 1. The Morgan fingerprint density at radius 3 is 2.67 bits per heavy atom. The van der Waals surface area contributed by atoms with Gasteiger partial charge in [0, 0.05) is 17.3 Å². The quantitative estimate of drug-likeness (QED) is 0.721. The van der Waals surface area contributed by atoms with Crippen LogP contribution < -0.4 is 0 Å². The number of hydrogen-bond acceptors (Lipinski definition) is 3. The van der Waals surface area contributed by atoms with Gasteiger partial charge in [0.1, 0.15) is 5.75 Å². The largest absolute Gasteiger partial charge is 0.507 e. The molecule has 0 saturated carbocycles. The molecule has 0 spiro atoms. The summed E-state index contributed by atoms with van der Waals surface area (Å²) in [6, 6.07) is 5.06. The second kappa shape index (κ2) is 3.35. The molecule has 0 fully saturated rings. The lowest BCUT2D eigenvalue weighted by molar-refractivity contribution is 0.101. The molecule has 1 heterocycles. The molecule has 1 aromatic heterocycles. The van der Waals surface area contributed by atoms with Crippen molar-refractivity contribution in [3.63, 3.8) is 0 Å². The van der Waals surface area contributed by atoms with E-state index < -0.39 is 0 Å². The number of carbonyl (C=O) groups excluding carboxylic acids is 1. The minimum Gasteiger partial charge on any atom is -0.507 e. The smallest absolute Gasteiger partial charge is 0.164 e. The highest BCUT2D eigenvalue weighted by Crippen LogP contribution is 2.28. The third-order valence-electron chi connectivity index (χ3n) is 2.47. The molecule has 76 valence electrons. The van der Waals surface area contributed by atoms with E-state index in [9.17, 15) is 9.90 Å². The van der Waals surface area contributed by atoms with Gasteiger partial charge < -0.3 is 5.11 Å². The first kappa shape index (κ1) is 9.65. The molecule has 0 bridgehead atoms. The Balaban J connectivity index is 2.94. The fourth-order valence-corrected chi connectivity index (χ4v) is 1.76. The first-order chi connectivity index (χ1) is 7.11. The van der Waals surface area contributed by atoms with E-state index in [0.29, 0.717) is 5.56 Å². The minimum atomic E-state index is -0.135. The highest BCUT2D eigenvalue weighted by molar-refractivity contribution is 6.09. The fraction of sp³-hybridized carbons (Fsp3) is 0.167. The summed E-state index contributed by atoms with van der Waals surface area (Å²) in [5, 5.41) is 11.3. The Morgan fingerprint density at radius 1 is 1.27 bits per heavy atom. The van der Waals surface area contributed by atoms with Crippen LogP contribution in [0.15, 0.2) is 24.4 Å². The van der Waals surface area contributed by atoms with E-state index in [1.807, 2.05) is 6.92 Å². The van der Waals surface area contributed by atoms with E-state index in [1.54, 1.807) is 18.3 Å². The number of hydrogen-bond donors (Lipinski definition) is 1. The summed E-state index contributed by atoms with van der Waals surface area (Å²) in [7, 11) is 0. The van der Waals surface area contributed by atoms with E-state index in [2.05, 4.69) is 4.98 Å². The van der Waals surface area contributed by atoms with Crippen molar-refractivity contribution in [3.05, 3.63) is 35.7 Å². The van der Waals surface area contributed by atoms with Crippen molar-refractivity contribution in [1.29, 1.82) is 0 Å². The Labute approximate surface area is 87.4 Å². The number of aromatic nitrogens is 1. The van der Waals surface area contributed by atoms with Crippen LogP contribution in [0.25, 0.3) is 10.8 Å². The molecule has 0 saturated heterocycles. The van der Waals surface area contributed by atoms with Crippen molar-refractivity contribution in [2.75, 3.05) is 0 Å². The third kappa shape index (κ3) is 1.46. The number of phenols is 1. The molecule has 2 rings (SSSR count). The second-order valence-corrected chi connectivity index (χ2v) is 3.51. The molecule has 0 aliphatic heterocycles. The van der Waals surface area contributed by atoms with Crippen molar-refractivity contribution >= 4 is 16.6 Å². The normalized spacial score (nSPS) is 10.5. The van der Waals surface area contributed by atoms with Gasteiger partial charge in [-0.25, -0.2) is 0 Å². The predicted octanol–water partition coefficient (Wildman–Crippen LogP) is 2.45. The maximum atomic E-state index is 11.4. The van der Waals surface area contributed by atoms with Crippen LogP contribution in [0.4, 0.5) is 0 Å². The lowest BCUT2D eigenvalue weighted by atomic mass is 10.0. The molecular weight excluding hydrogens is 190 g/mol. The molecule has 3 heteroatoms. The van der Waals surface area contributed by atoms with Crippen molar-refractivity contribution in [1.82, 2.24) is 4.98 Å². The van der Waals surface area contributed by atoms with Crippen molar-refractivity contribution in [2.45, 2.75) is 13.8 Å². The molecule has 15 heavy (non-hydrogen) atoms. The SMILES string of the molecule is CC(=O)c1c(O)ccc2c(C)nccc12. The van der Waals surface area contributed by atoms with Gasteiger partial charge in [-0.2, -0.15) is 0 Å². The molecule has 0 aliphatic carbocycles. The van der Waals surface area contributed by atoms with Gasteiger partial charge in [0.15, 0.2) is 5.78 Å². The first-order valence-corrected chi connectivity index (χ1v) is 4.69. The number of nitrogens with zero attached hydrogens (tertiary/aromatic N) is 1. The van der Waals surface area contributed by atoms with E-state index in [4.69, 9.17) is 0 Å². The first-order valence-electron chi connectivity index (χ1n) is 4.69. The summed E-state index contributed by atoms with van der Waals surface area (Å²) >= 11 is 0. The maximum absolute atomic E-state index is 11.4. The zero-order chi connectivity index (χ0) is 11.0. The van der Waals surface area contributed by atoms with Crippen LogP contribution in [0.2, 0.25) is 0 Å². The van der Waals surface area contributed by atoms with Crippen LogP contribution in [0.3, 0.4) is 0 Å². The number of aromatic hydroxyl groups is 1. The van der Waals surface area contributed by atoms with Crippen LogP contribution in [0.1, 0.15) is 23.0 Å². The van der Waals surface area contributed by atoms with Gasteiger partial charge in [-0.05, 0) is 37.4 Å². The molecule has 0 unspecified atom stereocenters. The van der Waals surface area contributed by atoms with Gasteiger partial charge in [-0.3, -0.25) is 9.78 Å². The second-order valence-electron chi connectivity index (χ2n) is 3.51. The standard InChI is InChI=1S/C12H11NO2/c1-7-9-3-4-11(15)12(8(2)14)10(9)5-6-13-7/h3-6,15H,1-2H3. The molecule has 2 aromatic rings. The highest BCUT2D eigenvalue weighted by Gasteiger charge is 2.12. The van der Waals surface area contributed by atoms with Crippen LogP contribution >= 0.6 is 0 Å². The molecular formula is C12H11NO2. The number of rotatable bonds is 1. The molecule has 3 nitrogen and oxygen atoms in total. The lowest BCUT2D eigenvalue weighted by Crippen LogP contribution is -1.96. The minimum absolute atomic E-state index is 0.0283. The molecule has 1 aromatic carbocycles. The van der Waals surface area contributed by atoms with Crippen molar-refractivity contribution in [3.8, 4) is 5.75 Å². The molecule has 0 atom stereocenters. The van der Waals surface area contributed by atoms with E-state index in [1.165, 1.54) is 13.0 Å². The summed E-state index contributed by atoms with van der Waals surface area (Å²) in [5.74, 6) is -0.107. The Morgan fingerprint density at radius 2 is 2.00 bits per heavy atom. The average molecular weight is 201 g/mol. The van der Waals surface area contributed by atoms with Gasteiger partial charge in [0.2, 0.25) is 0 Å². The summed E-state index contributed by atoms with van der Waals surface area (Å²) in [4.78, 5) is 15.6. The number of phenolic OH excluding ortho intramolecular Hbond substituents is 1. The van der Waals surface area contributed by atoms with Gasteiger partial charge in [0.25, 0.3) is 0 Å². The molecule has 0 radical (unpaired) electrons. The number of pyridine rings is 1. The Bertz CT molecular complexity index is 547. The fourth-order valence-electron chi connectivity index (χ4n) is 1.76. The number of benzene rings is 1. The Hall–Kier alpha value is -1.90. The van der Waals surface area contributed by atoms with Crippen LogP contribution in [0, 0.1) is 6.92 Å². The predicted molar refractivity (Wildman–Crippen MR) is 58.1 cm³/mol. The number of ketones is 1. The monoisotopic (exact) mass is 201 g/mol. The summed E-state index contributed by atoms with van der Waals surface area (Å²) in [5.41, 5.74) is 1.23. The lowest BCUT2D eigenvalue weighted by Gasteiger charge is -2.07. The average Bonchev–Trinajstić information content (AvgIpc) is 2.17. The number of Topliss-reactive ketones (excluding diaryl/α,β-unsaturated/α-hetero) is 1. The van der Waals surface area contributed by atoms with Gasteiger partial charge in [-0.1, -0.05) is 0 Å². The highest BCUT2D eigenvalue weighted by atomic mass is 16.3. The maximum Gasteiger partial charge on any atom is 0.164 e. The van der Waals surface area contributed by atoms with Gasteiger partial charge in [0.05, 0.1) is 5.56 Å². The summed E-state index contributed by atoms with van der Waals surface area (Å²) in [6.45, 7) is 3.33. The van der Waals surface area contributed by atoms with Crippen LogP contribution in [-0.2, 0) is 0 Å². The number of carbonyl (C=O) groups is 1. The van der Waals surface area contributed by atoms with E-state index in [0.717, 1.165) is 16.5 Å². The third-order valence-corrected chi connectivity index (χ3v) is 2.47. The van der Waals surface area contributed by atoms with Crippen LogP contribution in [0.5, 0.6) is 5.75 Å².